The standard InChI is InChI=1S/C19H23ClN4O2S2/c1-10-15(23-18(27-10)24-16(25)19(2,3)4)14-9-21-17(28-14)22-12-8-11(20)6-7-13(12)26-5/h6-10,15H,1-5H3,(H,21,22)(H,23,24,25). The minimum Gasteiger partial charge on any atom is -0.495 e. The van der Waals surface area contributed by atoms with Gasteiger partial charge in [-0.25, -0.2) is 4.98 Å². The van der Waals surface area contributed by atoms with Gasteiger partial charge in [-0.1, -0.05) is 62.4 Å². The van der Waals surface area contributed by atoms with Crippen molar-refractivity contribution in [3.05, 3.63) is 34.3 Å². The molecule has 1 amide bonds. The molecular formula is C19H23ClN4O2S2. The van der Waals surface area contributed by atoms with Gasteiger partial charge in [-0.2, -0.15) is 0 Å². The molecule has 0 fully saturated rings. The predicted octanol–water partition coefficient (Wildman–Crippen LogP) is 5.24. The number of carbonyl (C=O) groups is 1. The van der Waals surface area contributed by atoms with E-state index in [0.29, 0.717) is 15.9 Å². The van der Waals surface area contributed by atoms with Crippen LogP contribution in [0.3, 0.4) is 0 Å². The van der Waals surface area contributed by atoms with Gasteiger partial charge in [0.25, 0.3) is 0 Å². The fourth-order valence-corrected chi connectivity index (χ4v) is 4.76. The quantitative estimate of drug-likeness (QED) is 0.682. The van der Waals surface area contributed by atoms with Crippen LogP contribution in [0.4, 0.5) is 10.8 Å². The fraction of sp³-hybridized carbons (Fsp3) is 0.421. The number of rotatable bonds is 4. The second kappa shape index (κ2) is 8.31. The average Bonchev–Trinajstić information content (AvgIpc) is 3.20. The van der Waals surface area contributed by atoms with Gasteiger partial charge >= 0.3 is 0 Å². The van der Waals surface area contributed by atoms with Crippen LogP contribution >= 0.6 is 34.7 Å². The third-order valence-corrected chi connectivity index (χ3v) is 6.40. The molecule has 9 heteroatoms. The van der Waals surface area contributed by atoms with Crippen LogP contribution in [-0.4, -0.2) is 28.4 Å². The molecule has 2 unspecified atom stereocenters. The molecule has 6 nitrogen and oxygen atoms in total. The van der Waals surface area contributed by atoms with Gasteiger partial charge in [-0.15, -0.1) is 0 Å². The number of nitrogens with zero attached hydrogens (tertiary/aromatic N) is 2. The molecule has 28 heavy (non-hydrogen) atoms. The molecule has 3 rings (SSSR count). The Hall–Kier alpha value is -1.77. The van der Waals surface area contributed by atoms with Crippen LogP contribution in [0.5, 0.6) is 5.75 Å². The highest BCUT2D eigenvalue weighted by molar-refractivity contribution is 8.14. The number of hydrogen-bond donors (Lipinski definition) is 2. The summed E-state index contributed by atoms with van der Waals surface area (Å²) < 4.78 is 5.36. The lowest BCUT2D eigenvalue weighted by molar-refractivity contribution is -0.126. The number of thioether (sulfide) groups is 1. The molecule has 2 aromatic rings. The molecule has 150 valence electrons. The number of anilines is 2. The van der Waals surface area contributed by atoms with Crippen molar-refractivity contribution in [2.45, 2.75) is 39.0 Å². The highest BCUT2D eigenvalue weighted by Crippen LogP contribution is 2.41. The number of aliphatic imine (C=N–C) groups is 1. The number of methoxy groups -OCH3 is 1. The van der Waals surface area contributed by atoms with Crippen molar-refractivity contribution in [3.63, 3.8) is 0 Å². The van der Waals surface area contributed by atoms with Crippen LogP contribution in [0, 0.1) is 5.41 Å². The van der Waals surface area contributed by atoms with Gasteiger partial charge in [0.05, 0.1) is 17.7 Å². The summed E-state index contributed by atoms with van der Waals surface area (Å²) >= 11 is 9.19. The Bertz CT molecular complexity index is 908. The first-order valence-corrected chi connectivity index (χ1v) is 10.9. The van der Waals surface area contributed by atoms with E-state index >= 15 is 0 Å². The summed E-state index contributed by atoms with van der Waals surface area (Å²) in [5.74, 6) is 0.655. The topological polar surface area (TPSA) is 75.6 Å². The number of carbonyl (C=O) groups excluding carboxylic acids is 1. The molecule has 1 aliphatic rings. The van der Waals surface area contributed by atoms with Crippen LogP contribution in [0.25, 0.3) is 0 Å². The van der Waals surface area contributed by atoms with Crippen molar-refractivity contribution >= 4 is 56.6 Å². The maximum absolute atomic E-state index is 12.2. The normalized spacial score (nSPS) is 19.3. The van der Waals surface area contributed by atoms with Crippen molar-refractivity contribution in [2.24, 2.45) is 10.4 Å². The minimum absolute atomic E-state index is 0.0358. The zero-order valence-corrected chi connectivity index (χ0v) is 18.8. The smallest absolute Gasteiger partial charge is 0.231 e. The molecule has 0 saturated carbocycles. The molecule has 0 saturated heterocycles. The molecule has 2 heterocycles. The zero-order chi connectivity index (χ0) is 20.5. The summed E-state index contributed by atoms with van der Waals surface area (Å²) in [5, 5.41) is 8.41. The lowest BCUT2D eigenvalue weighted by atomic mass is 9.96. The number of ether oxygens (including phenoxy) is 1. The van der Waals surface area contributed by atoms with Crippen LogP contribution in [-0.2, 0) is 4.79 Å². The summed E-state index contributed by atoms with van der Waals surface area (Å²) in [4.78, 5) is 22.4. The molecule has 1 aliphatic heterocycles. The summed E-state index contributed by atoms with van der Waals surface area (Å²) in [6.07, 6.45) is 1.82. The van der Waals surface area contributed by atoms with E-state index in [1.54, 1.807) is 31.0 Å². The van der Waals surface area contributed by atoms with E-state index in [-0.39, 0.29) is 17.2 Å². The molecule has 0 spiro atoms. The van der Waals surface area contributed by atoms with Gasteiger partial charge in [0, 0.05) is 21.9 Å². The third-order valence-electron chi connectivity index (χ3n) is 4.12. The van der Waals surface area contributed by atoms with Crippen molar-refractivity contribution in [1.29, 1.82) is 0 Å². The number of nitrogens with one attached hydrogen (secondary N) is 2. The van der Waals surface area contributed by atoms with E-state index < -0.39 is 5.41 Å². The highest BCUT2D eigenvalue weighted by atomic mass is 35.5. The number of amides is 1. The number of amidine groups is 1. The first-order valence-electron chi connectivity index (χ1n) is 8.79. The first kappa shape index (κ1) is 21.0. The molecular weight excluding hydrogens is 416 g/mol. The van der Waals surface area contributed by atoms with Crippen molar-refractivity contribution < 1.29 is 9.53 Å². The summed E-state index contributed by atoms with van der Waals surface area (Å²) in [5.41, 5.74) is 0.300. The van der Waals surface area contributed by atoms with Gasteiger partial charge in [-0.3, -0.25) is 9.79 Å². The predicted molar refractivity (Wildman–Crippen MR) is 118 cm³/mol. The summed E-state index contributed by atoms with van der Waals surface area (Å²) in [7, 11) is 1.61. The Morgan fingerprint density at radius 3 is 2.75 bits per heavy atom. The maximum Gasteiger partial charge on any atom is 0.231 e. The zero-order valence-electron chi connectivity index (χ0n) is 16.4. The molecule has 0 aliphatic carbocycles. The van der Waals surface area contributed by atoms with Crippen LogP contribution in [0.15, 0.2) is 29.4 Å². The van der Waals surface area contributed by atoms with Crippen LogP contribution in [0.1, 0.15) is 38.6 Å². The molecule has 0 bridgehead atoms. The van der Waals surface area contributed by atoms with Gasteiger partial charge in [0.15, 0.2) is 10.3 Å². The third kappa shape index (κ3) is 4.79. The molecule has 0 radical (unpaired) electrons. The van der Waals surface area contributed by atoms with Gasteiger partial charge in [0.2, 0.25) is 5.91 Å². The van der Waals surface area contributed by atoms with Gasteiger partial charge in [-0.05, 0) is 18.2 Å². The van der Waals surface area contributed by atoms with E-state index in [9.17, 15) is 4.79 Å². The SMILES string of the molecule is COc1ccc(Cl)cc1Nc1ncc(C2N=C(NC(=O)C(C)(C)C)SC2C)s1. The fourth-order valence-electron chi connectivity index (χ4n) is 2.52. The number of thiazole rings is 1. The Balaban J connectivity index is 1.75. The molecule has 1 aromatic carbocycles. The Morgan fingerprint density at radius 1 is 1.32 bits per heavy atom. The van der Waals surface area contributed by atoms with E-state index in [4.69, 9.17) is 21.3 Å². The van der Waals surface area contributed by atoms with Crippen molar-refractivity contribution in [2.75, 3.05) is 12.4 Å². The number of benzene rings is 1. The molecule has 2 atom stereocenters. The lowest BCUT2D eigenvalue weighted by Crippen LogP contribution is -2.37. The summed E-state index contributed by atoms with van der Waals surface area (Å²) in [6, 6.07) is 5.34. The number of halogens is 1. The van der Waals surface area contributed by atoms with Gasteiger partial charge < -0.3 is 15.4 Å². The Kier molecular flexibility index (Phi) is 6.21. The molecule has 1 aromatic heterocycles. The van der Waals surface area contributed by atoms with Crippen LogP contribution < -0.4 is 15.4 Å². The van der Waals surface area contributed by atoms with Gasteiger partial charge in [0.1, 0.15) is 11.8 Å². The average molecular weight is 439 g/mol. The van der Waals surface area contributed by atoms with Crippen molar-refractivity contribution in [3.8, 4) is 5.75 Å². The van der Waals surface area contributed by atoms with Crippen LogP contribution in [0.2, 0.25) is 5.02 Å². The molecule has 2 N–H and O–H groups in total. The minimum atomic E-state index is -0.456. The van der Waals surface area contributed by atoms with E-state index in [0.717, 1.165) is 15.7 Å². The lowest BCUT2D eigenvalue weighted by Gasteiger charge is -2.17. The van der Waals surface area contributed by atoms with E-state index in [2.05, 4.69) is 22.5 Å². The monoisotopic (exact) mass is 438 g/mol. The second-order valence-electron chi connectivity index (χ2n) is 7.44. The first-order chi connectivity index (χ1) is 13.2. The van der Waals surface area contributed by atoms with Crippen molar-refractivity contribution in [1.82, 2.24) is 10.3 Å². The second-order valence-corrected chi connectivity index (χ2v) is 10.3. The highest BCUT2D eigenvalue weighted by Gasteiger charge is 2.32. The Labute approximate surface area is 178 Å². The van der Waals surface area contributed by atoms with E-state index in [1.165, 1.54) is 11.3 Å². The number of hydrogen-bond acceptors (Lipinski definition) is 7. The van der Waals surface area contributed by atoms with E-state index in [1.807, 2.05) is 33.0 Å². The summed E-state index contributed by atoms with van der Waals surface area (Å²) in [6.45, 7) is 7.75. The maximum atomic E-state index is 12.2. The Morgan fingerprint density at radius 2 is 2.07 bits per heavy atom. The number of aromatic nitrogens is 1. The largest absolute Gasteiger partial charge is 0.495 e.